The van der Waals surface area contributed by atoms with E-state index in [0.717, 1.165) is 23.3 Å². The second kappa shape index (κ2) is 9.68. The van der Waals surface area contributed by atoms with Gasteiger partial charge in [0.2, 0.25) is 0 Å². The van der Waals surface area contributed by atoms with Crippen molar-refractivity contribution < 1.29 is 14.6 Å². The lowest BCUT2D eigenvalue weighted by atomic mass is 10.2. The van der Waals surface area contributed by atoms with Crippen LogP contribution < -0.4 is 10.2 Å². The molecular weight excluding hydrogens is 424 g/mol. The fourth-order valence-electron chi connectivity index (χ4n) is 2.62. The maximum atomic E-state index is 11.2. The molecule has 0 aromatic heterocycles. The van der Waals surface area contributed by atoms with E-state index in [9.17, 15) is 20.2 Å². The second-order valence-electron chi connectivity index (χ2n) is 6.55. The number of nitrogens with zero attached hydrogens (tertiary/aromatic N) is 3. The number of non-ortho nitro benzene ring substituents is 1. The van der Waals surface area contributed by atoms with E-state index in [1.807, 2.05) is 31.2 Å². The minimum absolute atomic E-state index is 0.0241. The number of hydrazone groups is 1. The fraction of sp³-hybridized carbons (Fsp3) is 0.0952. The Bertz CT molecular complexity index is 1150. The molecule has 0 bridgehead atoms. The van der Waals surface area contributed by atoms with Crippen LogP contribution in [0.25, 0.3) is 0 Å². The van der Waals surface area contributed by atoms with Gasteiger partial charge in [0.15, 0.2) is 0 Å². The second-order valence-corrected chi connectivity index (χ2v) is 6.96. The van der Waals surface area contributed by atoms with Gasteiger partial charge in [0.1, 0.15) is 18.0 Å². The zero-order valence-corrected chi connectivity index (χ0v) is 17.1. The van der Waals surface area contributed by atoms with E-state index in [4.69, 9.17) is 16.3 Å². The molecule has 158 valence electrons. The highest BCUT2D eigenvalue weighted by molar-refractivity contribution is 6.32. The zero-order chi connectivity index (χ0) is 22.4. The monoisotopic (exact) mass is 440 g/mol. The van der Waals surface area contributed by atoms with E-state index in [1.54, 1.807) is 18.2 Å². The molecule has 0 unspecified atom stereocenters. The largest absolute Gasteiger partial charge is 0.487 e. The zero-order valence-electron chi connectivity index (χ0n) is 16.3. The van der Waals surface area contributed by atoms with Crippen LogP contribution in [0.2, 0.25) is 5.02 Å². The molecule has 3 rings (SSSR count). The van der Waals surface area contributed by atoms with Gasteiger partial charge in [-0.25, -0.2) is 0 Å². The maximum absolute atomic E-state index is 11.2. The summed E-state index contributed by atoms with van der Waals surface area (Å²) in [4.78, 5) is 20.5. The van der Waals surface area contributed by atoms with Gasteiger partial charge in [-0.2, -0.15) is 5.10 Å². The first-order chi connectivity index (χ1) is 14.8. The number of nitrogens with one attached hydrogen (secondary N) is 1. The molecule has 1 N–H and O–H groups in total. The Labute approximate surface area is 182 Å². The Balaban J connectivity index is 1.66. The van der Waals surface area contributed by atoms with Crippen molar-refractivity contribution in [2.75, 3.05) is 5.43 Å². The van der Waals surface area contributed by atoms with Gasteiger partial charge in [-0.15, -0.1) is 0 Å². The molecule has 0 spiro atoms. The van der Waals surface area contributed by atoms with Crippen LogP contribution in [0.15, 0.2) is 65.8 Å². The third-order valence-corrected chi connectivity index (χ3v) is 4.55. The Morgan fingerprint density at radius 2 is 1.77 bits per heavy atom. The van der Waals surface area contributed by atoms with Crippen molar-refractivity contribution in [1.82, 2.24) is 0 Å². The van der Waals surface area contributed by atoms with Gasteiger partial charge in [0, 0.05) is 6.07 Å². The van der Waals surface area contributed by atoms with Crippen LogP contribution in [0.1, 0.15) is 16.7 Å². The third kappa shape index (κ3) is 5.77. The van der Waals surface area contributed by atoms with Crippen molar-refractivity contribution in [1.29, 1.82) is 0 Å². The first-order valence-corrected chi connectivity index (χ1v) is 9.41. The quantitative estimate of drug-likeness (QED) is 0.281. The molecule has 3 aromatic rings. The number of hydrogen-bond acceptors (Lipinski definition) is 7. The molecule has 0 amide bonds. The van der Waals surface area contributed by atoms with E-state index in [1.165, 1.54) is 12.3 Å². The highest BCUT2D eigenvalue weighted by Gasteiger charge is 2.19. The summed E-state index contributed by atoms with van der Waals surface area (Å²) in [6, 6.07) is 16.3. The van der Waals surface area contributed by atoms with E-state index in [0.29, 0.717) is 22.9 Å². The van der Waals surface area contributed by atoms with Gasteiger partial charge in [-0.1, -0.05) is 41.4 Å². The summed E-state index contributed by atoms with van der Waals surface area (Å²) in [7, 11) is 0. The van der Waals surface area contributed by atoms with Crippen molar-refractivity contribution in [3.05, 3.63) is 103 Å². The highest BCUT2D eigenvalue weighted by Crippen LogP contribution is 2.29. The predicted molar refractivity (Wildman–Crippen MR) is 118 cm³/mol. The van der Waals surface area contributed by atoms with Gasteiger partial charge in [-0.05, 0) is 42.3 Å². The molecule has 0 fully saturated rings. The SMILES string of the molecule is Cc1ccc(COc2ccc(/C=N/Nc3ccc([N+](=O)[O-])cc3[N+](=O)[O-])cc2Cl)cc1. The number of aryl methyl sites for hydroxylation is 1. The van der Waals surface area contributed by atoms with E-state index < -0.39 is 15.5 Å². The number of nitro benzene ring substituents is 2. The van der Waals surface area contributed by atoms with Gasteiger partial charge in [0.25, 0.3) is 5.69 Å². The van der Waals surface area contributed by atoms with Crippen molar-refractivity contribution >= 4 is 34.9 Å². The first kappa shape index (κ1) is 21.7. The van der Waals surface area contributed by atoms with Crippen molar-refractivity contribution in [2.45, 2.75) is 13.5 Å². The summed E-state index contributed by atoms with van der Waals surface area (Å²) in [6.45, 7) is 2.38. The summed E-state index contributed by atoms with van der Waals surface area (Å²) in [5, 5.41) is 26.3. The van der Waals surface area contributed by atoms with Gasteiger partial charge >= 0.3 is 5.69 Å². The molecule has 0 radical (unpaired) electrons. The minimum atomic E-state index is -0.720. The number of rotatable bonds is 8. The van der Waals surface area contributed by atoms with Gasteiger partial charge < -0.3 is 4.74 Å². The Hall–Kier alpha value is -3.98. The van der Waals surface area contributed by atoms with Gasteiger partial charge in [0.05, 0.1) is 27.2 Å². The summed E-state index contributed by atoms with van der Waals surface area (Å²) in [5.74, 6) is 0.512. The molecule has 31 heavy (non-hydrogen) atoms. The topological polar surface area (TPSA) is 120 Å². The summed E-state index contributed by atoms with van der Waals surface area (Å²) >= 11 is 6.27. The lowest BCUT2D eigenvalue weighted by molar-refractivity contribution is -0.393. The third-order valence-electron chi connectivity index (χ3n) is 4.26. The predicted octanol–water partition coefficient (Wildman–Crippen LogP) is 5.49. The number of ether oxygens (including phenoxy) is 1. The molecular formula is C21H17ClN4O5. The molecule has 10 heteroatoms. The van der Waals surface area contributed by atoms with Crippen molar-refractivity contribution in [2.24, 2.45) is 5.10 Å². The standard InChI is InChI=1S/C21H17ClN4O5/c1-14-2-4-15(5-3-14)13-31-21-9-6-16(10-18(21)22)12-23-24-19-8-7-17(25(27)28)11-20(19)26(29)30/h2-12,24H,13H2,1H3/b23-12+. The first-order valence-electron chi connectivity index (χ1n) is 9.03. The summed E-state index contributed by atoms with van der Waals surface area (Å²) in [5.41, 5.74) is 4.52. The van der Waals surface area contributed by atoms with Gasteiger partial charge in [-0.3, -0.25) is 25.7 Å². The molecule has 0 atom stereocenters. The molecule has 0 aliphatic carbocycles. The van der Waals surface area contributed by atoms with Crippen LogP contribution in [0.5, 0.6) is 5.75 Å². The fourth-order valence-corrected chi connectivity index (χ4v) is 2.86. The summed E-state index contributed by atoms with van der Waals surface area (Å²) < 4.78 is 5.74. The molecule has 0 aliphatic heterocycles. The van der Waals surface area contributed by atoms with E-state index in [-0.39, 0.29) is 11.4 Å². The molecule has 0 aliphatic rings. The van der Waals surface area contributed by atoms with Crippen LogP contribution in [-0.4, -0.2) is 16.1 Å². The molecule has 9 nitrogen and oxygen atoms in total. The summed E-state index contributed by atoms with van der Waals surface area (Å²) in [6.07, 6.45) is 1.42. The van der Waals surface area contributed by atoms with Crippen LogP contribution in [0, 0.1) is 27.2 Å². The highest BCUT2D eigenvalue weighted by atomic mass is 35.5. The molecule has 0 saturated carbocycles. The van der Waals surface area contributed by atoms with Crippen LogP contribution in [0.3, 0.4) is 0 Å². The number of benzene rings is 3. The van der Waals surface area contributed by atoms with Crippen LogP contribution in [-0.2, 0) is 6.61 Å². The minimum Gasteiger partial charge on any atom is -0.487 e. The van der Waals surface area contributed by atoms with E-state index in [2.05, 4.69) is 10.5 Å². The Kier molecular flexibility index (Phi) is 6.78. The number of halogens is 1. The lowest BCUT2D eigenvalue weighted by Gasteiger charge is -2.09. The average molecular weight is 441 g/mol. The maximum Gasteiger partial charge on any atom is 0.301 e. The van der Waals surface area contributed by atoms with E-state index >= 15 is 0 Å². The number of nitro groups is 2. The van der Waals surface area contributed by atoms with Crippen molar-refractivity contribution in [3.8, 4) is 5.75 Å². The Morgan fingerprint density at radius 1 is 1.03 bits per heavy atom. The molecule has 0 heterocycles. The smallest absolute Gasteiger partial charge is 0.301 e. The molecule has 3 aromatic carbocycles. The van der Waals surface area contributed by atoms with Crippen molar-refractivity contribution in [3.63, 3.8) is 0 Å². The molecule has 0 saturated heterocycles. The number of anilines is 1. The lowest BCUT2D eigenvalue weighted by Crippen LogP contribution is -1.99. The normalized spacial score (nSPS) is 10.8. The van der Waals surface area contributed by atoms with Crippen LogP contribution >= 0.6 is 11.6 Å². The average Bonchev–Trinajstić information content (AvgIpc) is 2.74. The number of hydrogen-bond donors (Lipinski definition) is 1. The van der Waals surface area contributed by atoms with Crippen LogP contribution in [0.4, 0.5) is 17.1 Å². The Morgan fingerprint density at radius 3 is 2.42 bits per heavy atom.